The highest BCUT2D eigenvalue weighted by Crippen LogP contribution is 2.13. The van der Waals surface area contributed by atoms with E-state index in [0.717, 1.165) is 103 Å². The summed E-state index contributed by atoms with van der Waals surface area (Å²) in [6.45, 7) is 7.54. The Morgan fingerprint density at radius 1 is 0.383 bits per heavy atom. The summed E-state index contributed by atoms with van der Waals surface area (Å²) >= 11 is 0. The van der Waals surface area contributed by atoms with Crippen LogP contribution in [0.15, 0.2) is 85.1 Å². The maximum absolute atomic E-state index is 12.7. The van der Waals surface area contributed by atoms with Gasteiger partial charge >= 0.3 is 11.9 Å². The Morgan fingerprint density at radius 3 is 1.20 bits per heavy atom. The molecule has 0 rings (SSSR count). The fraction of sp³-hybridized carbons (Fsp3) is 0.709. The van der Waals surface area contributed by atoms with E-state index < -0.39 is 6.10 Å². The van der Waals surface area contributed by atoms with Crippen LogP contribution in [-0.2, 0) is 23.8 Å². The normalized spacial score (nSPS) is 12.9. The number of ether oxygens (including phenoxy) is 3. The van der Waals surface area contributed by atoms with Crippen LogP contribution in [-0.4, -0.2) is 37.9 Å². The molecular formula is C55H94O5. The molecule has 0 saturated carbocycles. The van der Waals surface area contributed by atoms with Crippen molar-refractivity contribution in [3.8, 4) is 0 Å². The van der Waals surface area contributed by atoms with Crippen LogP contribution in [0, 0.1) is 0 Å². The van der Waals surface area contributed by atoms with Crippen LogP contribution in [0.4, 0.5) is 0 Å². The molecule has 5 heteroatoms. The van der Waals surface area contributed by atoms with Gasteiger partial charge in [0.1, 0.15) is 6.61 Å². The zero-order chi connectivity index (χ0) is 43.5. The van der Waals surface area contributed by atoms with Crippen LogP contribution in [0.2, 0.25) is 0 Å². The standard InChI is InChI=1S/C55H94O5/c1-4-7-10-13-16-18-20-22-24-26-28-29-31-33-35-37-40-42-45-48-54(56)59-52-53(60-55(57)49-46-43-39-15-12-9-6-3)51-58-50-47-44-41-38-36-34-32-30-27-25-23-21-19-17-14-11-8-5-2/h7-8,10-11,16-19,22-25,28-29,53H,4-6,9,12-15,20-21,26-27,30-52H2,1-3H3/b10-7-,11-8-,18-16-,19-17-,24-22-,25-23-,29-28-. The molecular weight excluding hydrogens is 741 g/mol. The molecule has 0 N–H and O–H groups in total. The number of rotatable bonds is 45. The van der Waals surface area contributed by atoms with Crippen LogP contribution in [0.3, 0.4) is 0 Å². The SMILES string of the molecule is CC/C=C\C/C=C\C/C=C\C/C=C\CCCCCCCCC(=O)OCC(COCCCCCCCCCC/C=C\C/C=C\C/C=C\CC)OC(=O)CCCCCCCCC. The number of hydrogen-bond donors (Lipinski definition) is 0. The Morgan fingerprint density at radius 2 is 0.750 bits per heavy atom. The van der Waals surface area contributed by atoms with Crippen molar-refractivity contribution in [2.24, 2.45) is 0 Å². The Kier molecular flexibility index (Phi) is 48.0. The third kappa shape index (κ3) is 47.8. The number of hydrogen-bond acceptors (Lipinski definition) is 5. The van der Waals surface area contributed by atoms with E-state index in [1.807, 2.05) is 0 Å². The molecule has 0 heterocycles. The van der Waals surface area contributed by atoms with Crippen molar-refractivity contribution in [3.05, 3.63) is 85.1 Å². The highest BCUT2D eigenvalue weighted by Gasteiger charge is 2.17. The number of allylic oxidation sites excluding steroid dienone is 14. The first kappa shape index (κ1) is 57.1. The summed E-state index contributed by atoms with van der Waals surface area (Å²) in [6.07, 6.45) is 66.0. The molecule has 0 amide bonds. The van der Waals surface area contributed by atoms with E-state index in [4.69, 9.17) is 14.2 Å². The Labute approximate surface area is 371 Å². The lowest BCUT2D eigenvalue weighted by Gasteiger charge is -2.18. The van der Waals surface area contributed by atoms with Gasteiger partial charge in [0, 0.05) is 19.4 Å². The first-order valence-corrected chi connectivity index (χ1v) is 25.1. The van der Waals surface area contributed by atoms with Crippen LogP contribution in [0.25, 0.3) is 0 Å². The lowest BCUT2D eigenvalue weighted by atomic mass is 10.1. The third-order valence-electron chi connectivity index (χ3n) is 10.4. The van der Waals surface area contributed by atoms with Gasteiger partial charge in [0.15, 0.2) is 6.10 Å². The van der Waals surface area contributed by atoms with Gasteiger partial charge in [-0.1, -0.05) is 209 Å². The van der Waals surface area contributed by atoms with Crippen LogP contribution in [0.5, 0.6) is 0 Å². The molecule has 0 radical (unpaired) electrons. The van der Waals surface area contributed by atoms with E-state index in [2.05, 4.69) is 106 Å². The van der Waals surface area contributed by atoms with Crippen LogP contribution >= 0.6 is 0 Å². The Hall–Kier alpha value is -2.92. The van der Waals surface area contributed by atoms with Crippen molar-refractivity contribution < 1.29 is 23.8 Å². The maximum atomic E-state index is 12.7. The van der Waals surface area contributed by atoms with Crippen LogP contribution < -0.4 is 0 Å². The molecule has 5 nitrogen and oxygen atoms in total. The first-order chi connectivity index (χ1) is 29.6. The molecule has 0 aliphatic carbocycles. The summed E-state index contributed by atoms with van der Waals surface area (Å²) < 4.78 is 17.3. The zero-order valence-corrected chi connectivity index (χ0v) is 39.5. The van der Waals surface area contributed by atoms with Gasteiger partial charge in [0.2, 0.25) is 0 Å². The average molecular weight is 835 g/mol. The minimum atomic E-state index is -0.546. The number of carbonyl (C=O) groups is 2. The minimum absolute atomic E-state index is 0.0721. The van der Waals surface area contributed by atoms with Gasteiger partial charge in [-0.3, -0.25) is 9.59 Å². The van der Waals surface area contributed by atoms with Gasteiger partial charge in [0.25, 0.3) is 0 Å². The fourth-order valence-corrected chi connectivity index (χ4v) is 6.75. The summed E-state index contributed by atoms with van der Waals surface area (Å²) in [5.41, 5.74) is 0. The zero-order valence-electron chi connectivity index (χ0n) is 39.5. The van der Waals surface area contributed by atoms with Gasteiger partial charge in [-0.15, -0.1) is 0 Å². The van der Waals surface area contributed by atoms with E-state index in [0.29, 0.717) is 19.4 Å². The maximum Gasteiger partial charge on any atom is 0.306 e. The fourth-order valence-electron chi connectivity index (χ4n) is 6.75. The summed E-state index contributed by atoms with van der Waals surface area (Å²) in [6, 6.07) is 0. The quantitative estimate of drug-likeness (QED) is 0.0347. The van der Waals surface area contributed by atoms with E-state index >= 15 is 0 Å². The van der Waals surface area contributed by atoms with Crippen LogP contribution in [0.1, 0.15) is 226 Å². The summed E-state index contributed by atoms with van der Waals surface area (Å²) in [7, 11) is 0. The summed E-state index contributed by atoms with van der Waals surface area (Å²) in [4.78, 5) is 25.2. The lowest BCUT2D eigenvalue weighted by molar-refractivity contribution is -0.163. The third-order valence-corrected chi connectivity index (χ3v) is 10.4. The highest BCUT2D eigenvalue weighted by molar-refractivity contribution is 5.70. The van der Waals surface area contributed by atoms with Crippen molar-refractivity contribution >= 4 is 11.9 Å². The number of esters is 2. The molecule has 0 fully saturated rings. The van der Waals surface area contributed by atoms with Gasteiger partial charge < -0.3 is 14.2 Å². The average Bonchev–Trinajstić information content (AvgIpc) is 3.25. The molecule has 0 spiro atoms. The topological polar surface area (TPSA) is 61.8 Å². The van der Waals surface area contributed by atoms with Crippen molar-refractivity contribution in [1.29, 1.82) is 0 Å². The van der Waals surface area contributed by atoms with E-state index in [9.17, 15) is 9.59 Å². The molecule has 0 aromatic heterocycles. The predicted molar refractivity (Wildman–Crippen MR) is 260 cm³/mol. The predicted octanol–water partition coefficient (Wildman–Crippen LogP) is 16.9. The van der Waals surface area contributed by atoms with Crippen molar-refractivity contribution in [3.63, 3.8) is 0 Å². The Bertz CT molecular complexity index is 1130. The molecule has 60 heavy (non-hydrogen) atoms. The molecule has 0 bridgehead atoms. The van der Waals surface area contributed by atoms with Gasteiger partial charge in [-0.2, -0.15) is 0 Å². The summed E-state index contributed by atoms with van der Waals surface area (Å²) in [5, 5.41) is 0. The van der Waals surface area contributed by atoms with Gasteiger partial charge in [-0.25, -0.2) is 0 Å². The van der Waals surface area contributed by atoms with Crippen molar-refractivity contribution in [2.75, 3.05) is 19.8 Å². The second-order valence-corrected chi connectivity index (χ2v) is 16.3. The second-order valence-electron chi connectivity index (χ2n) is 16.3. The molecule has 1 atom stereocenters. The molecule has 0 aromatic rings. The molecule has 0 aliphatic heterocycles. The van der Waals surface area contributed by atoms with Crippen molar-refractivity contribution in [1.82, 2.24) is 0 Å². The molecule has 0 saturated heterocycles. The van der Waals surface area contributed by atoms with E-state index in [-0.39, 0.29) is 25.2 Å². The molecule has 0 aliphatic rings. The monoisotopic (exact) mass is 835 g/mol. The van der Waals surface area contributed by atoms with Crippen molar-refractivity contribution in [2.45, 2.75) is 232 Å². The number of unbranched alkanes of at least 4 members (excludes halogenated alkanes) is 20. The highest BCUT2D eigenvalue weighted by atomic mass is 16.6. The molecule has 1 unspecified atom stereocenters. The smallest absolute Gasteiger partial charge is 0.306 e. The lowest BCUT2D eigenvalue weighted by Crippen LogP contribution is -2.30. The second kappa shape index (κ2) is 50.4. The largest absolute Gasteiger partial charge is 0.462 e. The molecule has 0 aromatic carbocycles. The first-order valence-electron chi connectivity index (χ1n) is 25.1. The Balaban J connectivity index is 4.16. The van der Waals surface area contributed by atoms with Gasteiger partial charge in [-0.05, 0) is 89.9 Å². The van der Waals surface area contributed by atoms with E-state index in [1.54, 1.807) is 0 Å². The summed E-state index contributed by atoms with van der Waals surface area (Å²) in [5.74, 6) is -0.424. The van der Waals surface area contributed by atoms with E-state index in [1.165, 1.54) is 89.9 Å². The molecule has 344 valence electrons. The van der Waals surface area contributed by atoms with Gasteiger partial charge in [0.05, 0.1) is 6.61 Å². The minimum Gasteiger partial charge on any atom is -0.462 e. The number of carbonyl (C=O) groups excluding carboxylic acids is 2.